The van der Waals surface area contributed by atoms with Crippen LogP contribution in [0.3, 0.4) is 0 Å². The molecule has 0 unspecified atom stereocenters. The quantitative estimate of drug-likeness (QED) is 0.600. The number of hydrogen-bond acceptors (Lipinski definition) is 6. The maximum Gasteiger partial charge on any atom is 0.203 e. The van der Waals surface area contributed by atoms with Gasteiger partial charge in [0.15, 0.2) is 11.5 Å². The van der Waals surface area contributed by atoms with E-state index in [0.29, 0.717) is 33.4 Å². The minimum absolute atomic E-state index is 0.113. The van der Waals surface area contributed by atoms with Crippen molar-refractivity contribution in [1.29, 1.82) is 0 Å². The zero-order valence-corrected chi connectivity index (χ0v) is 15.3. The van der Waals surface area contributed by atoms with Crippen LogP contribution in [0.25, 0.3) is 0 Å². The highest BCUT2D eigenvalue weighted by molar-refractivity contribution is 6.36. The van der Waals surface area contributed by atoms with Crippen molar-refractivity contribution in [2.24, 2.45) is 10.2 Å². The number of rotatable bonds is 6. The predicted octanol–water partition coefficient (Wildman–Crippen LogP) is 4.18. The third kappa shape index (κ3) is 4.55. The Morgan fingerprint density at radius 1 is 0.880 bits per heavy atom. The van der Waals surface area contributed by atoms with E-state index in [1.807, 2.05) is 0 Å². The second kappa shape index (κ2) is 8.60. The van der Waals surface area contributed by atoms with E-state index < -0.39 is 0 Å². The summed E-state index contributed by atoms with van der Waals surface area (Å²) in [7, 11) is 4.59. The van der Waals surface area contributed by atoms with E-state index in [9.17, 15) is 5.11 Å². The number of halogens is 2. The summed E-state index contributed by atoms with van der Waals surface area (Å²) < 4.78 is 15.8. The number of nitrogens with zero attached hydrogens (tertiary/aromatic N) is 2. The predicted molar refractivity (Wildman–Crippen MR) is 99.4 cm³/mol. The number of ether oxygens (including phenoxy) is 3. The third-order valence-electron chi connectivity index (χ3n) is 3.22. The standard InChI is InChI=1S/C17H16Cl2N2O4/c1-23-14-4-10(5-15(24-2)17(14)25-3)8-20-21-9-11-6-12(18)7-13(19)16(11)22/h4-9,22H,1-3H3/b20-8-,21-9-. The van der Waals surface area contributed by atoms with E-state index in [0.717, 1.165) is 0 Å². The Kier molecular flexibility index (Phi) is 6.50. The van der Waals surface area contributed by atoms with Crippen molar-refractivity contribution in [3.05, 3.63) is 45.4 Å². The molecule has 0 saturated heterocycles. The van der Waals surface area contributed by atoms with Gasteiger partial charge < -0.3 is 19.3 Å². The zero-order valence-electron chi connectivity index (χ0n) is 13.8. The van der Waals surface area contributed by atoms with E-state index in [1.54, 1.807) is 12.1 Å². The summed E-state index contributed by atoms with van der Waals surface area (Å²) in [5.74, 6) is 1.39. The highest BCUT2D eigenvalue weighted by Gasteiger charge is 2.12. The van der Waals surface area contributed by atoms with Gasteiger partial charge in [-0.2, -0.15) is 10.2 Å². The van der Waals surface area contributed by atoms with Crippen LogP contribution < -0.4 is 14.2 Å². The van der Waals surface area contributed by atoms with Gasteiger partial charge in [0.2, 0.25) is 5.75 Å². The van der Waals surface area contributed by atoms with Crippen LogP contribution in [-0.4, -0.2) is 38.9 Å². The summed E-state index contributed by atoms with van der Waals surface area (Å²) in [5, 5.41) is 18.2. The molecule has 25 heavy (non-hydrogen) atoms. The number of hydrogen-bond donors (Lipinski definition) is 1. The second-order valence-corrected chi connectivity index (χ2v) is 5.62. The molecule has 6 nitrogen and oxygen atoms in total. The average molecular weight is 383 g/mol. The summed E-state index contributed by atoms with van der Waals surface area (Å²) in [5.41, 5.74) is 1.06. The SMILES string of the molecule is COc1cc(/C=N\N=C/c2cc(Cl)cc(Cl)c2O)cc(OC)c1OC. The molecule has 0 atom stereocenters. The van der Waals surface area contributed by atoms with Gasteiger partial charge in [0.1, 0.15) is 5.75 Å². The minimum atomic E-state index is -0.113. The lowest BCUT2D eigenvalue weighted by atomic mass is 10.2. The Balaban J connectivity index is 2.25. The van der Waals surface area contributed by atoms with Gasteiger partial charge in [0.25, 0.3) is 0 Å². The molecule has 0 spiro atoms. The van der Waals surface area contributed by atoms with Crippen LogP contribution in [0.2, 0.25) is 10.0 Å². The highest BCUT2D eigenvalue weighted by atomic mass is 35.5. The van der Waals surface area contributed by atoms with Gasteiger partial charge in [0, 0.05) is 16.1 Å². The van der Waals surface area contributed by atoms with Crippen molar-refractivity contribution in [2.45, 2.75) is 0 Å². The first-order valence-electron chi connectivity index (χ1n) is 7.04. The van der Waals surface area contributed by atoms with E-state index in [2.05, 4.69) is 10.2 Å². The maximum absolute atomic E-state index is 9.85. The fraction of sp³-hybridized carbons (Fsp3) is 0.176. The lowest BCUT2D eigenvalue weighted by molar-refractivity contribution is 0.324. The molecule has 2 aromatic carbocycles. The van der Waals surface area contributed by atoms with Crippen LogP contribution in [0.5, 0.6) is 23.0 Å². The van der Waals surface area contributed by atoms with E-state index in [-0.39, 0.29) is 10.8 Å². The Hall–Kier alpha value is -2.44. The van der Waals surface area contributed by atoms with Crippen LogP contribution in [0, 0.1) is 0 Å². The molecule has 0 aliphatic carbocycles. The van der Waals surface area contributed by atoms with Gasteiger partial charge in [-0.25, -0.2) is 0 Å². The van der Waals surface area contributed by atoms with Crippen LogP contribution >= 0.6 is 23.2 Å². The van der Waals surface area contributed by atoms with Crippen LogP contribution in [0.15, 0.2) is 34.5 Å². The van der Waals surface area contributed by atoms with Gasteiger partial charge in [-0.15, -0.1) is 0 Å². The first kappa shape index (κ1) is 18.9. The van der Waals surface area contributed by atoms with Gasteiger partial charge in [0.05, 0.1) is 38.8 Å². The maximum atomic E-state index is 9.85. The number of phenolic OH excluding ortho intramolecular Hbond substituents is 1. The monoisotopic (exact) mass is 382 g/mol. The molecule has 132 valence electrons. The van der Waals surface area contributed by atoms with E-state index >= 15 is 0 Å². The Morgan fingerprint density at radius 3 is 2.04 bits per heavy atom. The molecule has 2 aromatic rings. The molecule has 0 aromatic heterocycles. The highest BCUT2D eigenvalue weighted by Crippen LogP contribution is 2.37. The number of aromatic hydroxyl groups is 1. The smallest absolute Gasteiger partial charge is 0.203 e. The van der Waals surface area contributed by atoms with Gasteiger partial charge in [-0.3, -0.25) is 0 Å². The summed E-state index contributed by atoms with van der Waals surface area (Å²) in [6, 6.07) is 6.43. The lowest BCUT2D eigenvalue weighted by Crippen LogP contribution is -1.96. The minimum Gasteiger partial charge on any atom is -0.506 e. The Labute approximate surface area is 155 Å². The van der Waals surface area contributed by atoms with E-state index in [1.165, 1.54) is 45.9 Å². The summed E-state index contributed by atoms with van der Waals surface area (Å²) >= 11 is 11.7. The molecular formula is C17H16Cl2N2O4. The van der Waals surface area contributed by atoms with Crippen molar-refractivity contribution < 1.29 is 19.3 Å². The molecule has 0 fully saturated rings. The fourth-order valence-corrected chi connectivity index (χ4v) is 2.56. The topological polar surface area (TPSA) is 72.6 Å². The van der Waals surface area contributed by atoms with Gasteiger partial charge in [-0.1, -0.05) is 23.2 Å². The average Bonchev–Trinajstić information content (AvgIpc) is 2.61. The molecular weight excluding hydrogens is 367 g/mol. The molecule has 0 aliphatic heterocycles. The van der Waals surface area contributed by atoms with Crippen molar-refractivity contribution in [3.8, 4) is 23.0 Å². The normalized spacial score (nSPS) is 11.2. The zero-order chi connectivity index (χ0) is 18.4. The first-order chi connectivity index (χ1) is 12.0. The number of phenols is 1. The Bertz CT molecular complexity index is 798. The molecule has 2 rings (SSSR count). The lowest BCUT2D eigenvalue weighted by Gasteiger charge is -2.12. The van der Waals surface area contributed by atoms with Crippen molar-refractivity contribution >= 4 is 35.6 Å². The molecule has 0 heterocycles. The molecule has 0 bridgehead atoms. The number of benzene rings is 2. The molecule has 0 radical (unpaired) electrons. The molecule has 8 heteroatoms. The van der Waals surface area contributed by atoms with Crippen LogP contribution in [0.1, 0.15) is 11.1 Å². The summed E-state index contributed by atoms with van der Waals surface area (Å²) in [6.45, 7) is 0. The number of methoxy groups -OCH3 is 3. The molecule has 0 saturated carbocycles. The van der Waals surface area contributed by atoms with Crippen molar-refractivity contribution in [1.82, 2.24) is 0 Å². The van der Waals surface area contributed by atoms with Crippen molar-refractivity contribution in [3.63, 3.8) is 0 Å². The second-order valence-electron chi connectivity index (χ2n) is 4.77. The third-order valence-corrected chi connectivity index (χ3v) is 3.72. The van der Waals surface area contributed by atoms with Crippen LogP contribution in [-0.2, 0) is 0 Å². The molecule has 1 N–H and O–H groups in total. The molecule has 0 aliphatic rings. The van der Waals surface area contributed by atoms with Gasteiger partial charge >= 0.3 is 0 Å². The first-order valence-corrected chi connectivity index (χ1v) is 7.80. The van der Waals surface area contributed by atoms with Crippen molar-refractivity contribution in [2.75, 3.05) is 21.3 Å². The fourth-order valence-electron chi connectivity index (χ4n) is 2.06. The largest absolute Gasteiger partial charge is 0.506 e. The molecule has 0 amide bonds. The van der Waals surface area contributed by atoms with Gasteiger partial charge in [-0.05, 0) is 24.3 Å². The summed E-state index contributed by atoms with van der Waals surface area (Å²) in [4.78, 5) is 0. The van der Waals surface area contributed by atoms with E-state index in [4.69, 9.17) is 37.4 Å². The summed E-state index contributed by atoms with van der Waals surface area (Å²) in [6.07, 6.45) is 2.85. The Morgan fingerprint density at radius 2 is 1.48 bits per heavy atom. The van der Waals surface area contributed by atoms with Crippen LogP contribution in [0.4, 0.5) is 0 Å².